The summed E-state index contributed by atoms with van der Waals surface area (Å²) in [6.45, 7) is 3.50. The van der Waals surface area contributed by atoms with Crippen LogP contribution in [-0.2, 0) is 4.74 Å². The molecule has 0 unspecified atom stereocenters. The van der Waals surface area contributed by atoms with E-state index in [0.717, 1.165) is 11.1 Å². The van der Waals surface area contributed by atoms with Gasteiger partial charge in [0.25, 0.3) is 5.88 Å². The minimum Gasteiger partial charge on any atom is -0.478 e. The van der Waals surface area contributed by atoms with Gasteiger partial charge in [-0.1, -0.05) is 54.5 Å². The van der Waals surface area contributed by atoms with Gasteiger partial charge in [0.1, 0.15) is 12.4 Å². The van der Waals surface area contributed by atoms with Gasteiger partial charge in [-0.05, 0) is 17.2 Å². The summed E-state index contributed by atoms with van der Waals surface area (Å²) in [5.41, 5.74) is 2.91. The highest BCUT2D eigenvalue weighted by Crippen LogP contribution is 2.30. The van der Waals surface area contributed by atoms with Gasteiger partial charge >= 0.3 is 0 Å². The number of nitrogens with zero attached hydrogens (tertiary/aromatic N) is 3. The zero-order chi connectivity index (χ0) is 19.5. The summed E-state index contributed by atoms with van der Waals surface area (Å²) in [7, 11) is 0. The predicted octanol–water partition coefficient (Wildman–Crippen LogP) is 3.87. The number of hydrogen-bond donors (Lipinski definition) is 1. The van der Waals surface area contributed by atoms with Crippen molar-refractivity contribution >= 4 is 11.8 Å². The second-order valence-corrected chi connectivity index (χ2v) is 6.74. The lowest BCUT2D eigenvalue weighted by Gasteiger charge is -2.22. The molecule has 6 nitrogen and oxygen atoms in total. The maximum Gasteiger partial charge on any atom is 0.253 e. The van der Waals surface area contributed by atoms with Crippen molar-refractivity contribution in [2.45, 2.75) is 12.8 Å². The zero-order valence-corrected chi connectivity index (χ0v) is 15.5. The van der Waals surface area contributed by atoms with Crippen LogP contribution in [0.25, 0.3) is 11.1 Å². The van der Waals surface area contributed by atoms with E-state index < -0.39 is 0 Å². The van der Waals surface area contributed by atoms with Gasteiger partial charge in [0.2, 0.25) is 5.90 Å². The van der Waals surface area contributed by atoms with Crippen molar-refractivity contribution in [3.05, 3.63) is 71.7 Å². The Bertz CT molecular complexity index is 987. The van der Waals surface area contributed by atoms with E-state index in [1.165, 1.54) is 0 Å². The van der Waals surface area contributed by atoms with E-state index in [0.29, 0.717) is 42.7 Å². The summed E-state index contributed by atoms with van der Waals surface area (Å²) < 4.78 is 25.4. The second kappa shape index (κ2) is 7.92. The van der Waals surface area contributed by atoms with Crippen LogP contribution in [-0.4, -0.2) is 35.8 Å². The summed E-state index contributed by atoms with van der Waals surface area (Å²) in [5.74, 6) is 6.19. The first kappa shape index (κ1) is 18.3. The topological polar surface area (TPSA) is 76.9 Å². The Morgan fingerprint density at radius 1 is 1.18 bits per heavy atom. The molecule has 3 aromatic rings. The first-order valence-electron chi connectivity index (χ1n) is 9.11. The highest BCUT2D eigenvalue weighted by atomic mass is 19.1. The van der Waals surface area contributed by atoms with Crippen LogP contribution in [0.5, 0.6) is 0 Å². The van der Waals surface area contributed by atoms with Gasteiger partial charge in [-0.2, -0.15) is 4.99 Å². The lowest BCUT2D eigenvalue weighted by molar-refractivity contribution is 0.167. The number of halogens is 1. The fourth-order valence-corrected chi connectivity index (χ4v) is 3.13. The number of hydrazine groups is 1. The molecule has 0 bridgehead atoms. The molecule has 1 aromatic heterocycles. The van der Waals surface area contributed by atoms with Crippen LogP contribution < -0.4 is 5.84 Å². The third kappa shape index (κ3) is 3.95. The predicted molar refractivity (Wildman–Crippen MR) is 105 cm³/mol. The van der Waals surface area contributed by atoms with Crippen LogP contribution >= 0.6 is 0 Å². The van der Waals surface area contributed by atoms with E-state index in [4.69, 9.17) is 15.1 Å². The molecule has 2 heterocycles. The Kier molecular flexibility index (Phi) is 5.18. The second-order valence-electron chi connectivity index (χ2n) is 6.74. The normalized spacial score (nSPS) is 17.5. The molecule has 0 radical (unpaired) electrons. The molecular formula is C21H21FN4O2. The molecule has 1 saturated heterocycles. The number of morpholine rings is 1. The fourth-order valence-electron chi connectivity index (χ4n) is 3.13. The molecule has 1 fully saturated rings. The largest absolute Gasteiger partial charge is 0.478 e. The van der Waals surface area contributed by atoms with Crippen LogP contribution in [0, 0.1) is 5.82 Å². The van der Waals surface area contributed by atoms with Crippen molar-refractivity contribution in [2.24, 2.45) is 10.8 Å². The van der Waals surface area contributed by atoms with Gasteiger partial charge < -0.3 is 9.26 Å². The van der Waals surface area contributed by atoms with Gasteiger partial charge in [0, 0.05) is 24.1 Å². The van der Waals surface area contributed by atoms with Crippen LogP contribution in [0.4, 0.5) is 10.3 Å². The molecule has 0 amide bonds. The summed E-state index contributed by atoms with van der Waals surface area (Å²) >= 11 is 0. The first-order valence-corrected chi connectivity index (χ1v) is 9.11. The number of aliphatic imine (C=N–C) groups is 1. The van der Waals surface area contributed by atoms with Crippen molar-refractivity contribution in [2.75, 3.05) is 19.7 Å². The van der Waals surface area contributed by atoms with Gasteiger partial charge in [0.15, 0.2) is 0 Å². The van der Waals surface area contributed by atoms with Gasteiger partial charge in [-0.15, -0.1) is 0 Å². The Morgan fingerprint density at radius 3 is 2.75 bits per heavy atom. The molecule has 7 heteroatoms. The quantitative estimate of drug-likeness (QED) is 0.696. The number of hydrogen-bond acceptors (Lipinski definition) is 6. The molecule has 144 valence electrons. The SMILES string of the molecule is C[C@@H](c1ccc(-c2ccccc2)c(F)c1)c1cc(N=C2CN(N)CCO2)on1. The number of nitrogens with two attached hydrogens (primary N) is 1. The van der Waals surface area contributed by atoms with Crippen LogP contribution in [0.15, 0.2) is 64.1 Å². The molecule has 28 heavy (non-hydrogen) atoms. The Hall–Kier alpha value is -3.03. The lowest BCUT2D eigenvalue weighted by Crippen LogP contribution is -2.44. The van der Waals surface area contributed by atoms with E-state index in [-0.39, 0.29) is 11.7 Å². The van der Waals surface area contributed by atoms with Crippen molar-refractivity contribution in [1.29, 1.82) is 0 Å². The summed E-state index contributed by atoms with van der Waals surface area (Å²) in [5, 5.41) is 5.71. The average Bonchev–Trinajstić information content (AvgIpc) is 3.16. The van der Waals surface area contributed by atoms with E-state index in [1.807, 2.05) is 43.3 Å². The fraction of sp³-hybridized carbons (Fsp3) is 0.238. The van der Waals surface area contributed by atoms with Crippen LogP contribution in [0.1, 0.15) is 24.1 Å². The van der Waals surface area contributed by atoms with Gasteiger partial charge in [-0.25, -0.2) is 9.40 Å². The molecular weight excluding hydrogens is 359 g/mol. The number of aromatic nitrogens is 1. The first-order chi connectivity index (χ1) is 13.6. The standard InChI is InChI=1S/C21H21FN4O2/c1-14(16-7-8-17(18(22)11-16)15-5-3-2-4-6-15)19-12-20(28-25-19)24-21-13-26(23)9-10-27-21/h2-8,11-12,14H,9-10,13,23H2,1H3/t14-/m0/s1. The van der Waals surface area contributed by atoms with Crippen molar-refractivity contribution in [3.8, 4) is 11.1 Å². The molecule has 2 N–H and O–H groups in total. The number of ether oxygens (including phenoxy) is 1. The monoisotopic (exact) mass is 380 g/mol. The maximum atomic E-state index is 14.7. The van der Waals surface area contributed by atoms with Gasteiger partial charge in [0.05, 0.1) is 12.2 Å². The number of benzene rings is 2. The summed E-state index contributed by atoms with van der Waals surface area (Å²) in [6, 6.07) is 16.5. The molecule has 1 atom stereocenters. The minimum absolute atomic E-state index is 0.143. The molecule has 1 aliphatic heterocycles. The Morgan fingerprint density at radius 2 is 2.00 bits per heavy atom. The van der Waals surface area contributed by atoms with Crippen LogP contribution in [0.3, 0.4) is 0 Å². The third-order valence-electron chi connectivity index (χ3n) is 4.76. The summed E-state index contributed by atoms with van der Waals surface area (Å²) in [6.07, 6.45) is 0. The van der Waals surface area contributed by atoms with Gasteiger partial charge in [-0.3, -0.25) is 5.84 Å². The highest BCUT2D eigenvalue weighted by Gasteiger charge is 2.18. The molecule has 2 aromatic carbocycles. The molecule has 0 saturated carbocycles. The zero-order valence-electron chi connectivity index (χ0n) is 15.5. The van der Waals surface area contributed by atoms with Crippen molar-refractivity contribution in [3.63, 3.8) is 0 Å². The van der Waals surface area contributed by atoms with E-state index in [1.54, 1.807) is 23.2 Å². The average molecular weight is 380 g/mol. The minimum atomic E-state index is -0.266. The smallest absolute Gasteiger partial charge is 0.253 e. The molecule has 0 aliphatic carbocycles. The summed E-state index contributed by atoms with van der Waals surface area (Å²) in [4.78, 5) is 4.31. The van der Waals surface area contributed by atoms with Crippen molar-refractivity contribution < 1.29 is 13.7 Å². The Balaban J connectivity index is 1.53. The van der Waals surface area contributed by atoms with E-state index in [2.05, 4.69) is 10.1 Å². The van der Waals surface area contributed by atoms with E-state index >= 15 is 0 Å². The number of rotatable bonds is 4. The van der Waals surface area contributed by atoms with Crippen LogP contribution in [0.2, 0.25) is 0 Å². The molecule has 4 rings (SSSR count). The highest BCUT2D eigenvalue weighted by molar-refractivity contribution is 5.80. The third-order valence-corrected chi connectivity index (χ3v) is 4.76. The Labute approximate surface area is 162 Å². The maximum absolute atomic E-state index is 14.7. The lowest BCUT2D eigenvalue weighted by atomic mass is 9.95. The molecule has 0 spiro atoms. The van der Waals surface area contributed by atoms with E-state index in [9.17, 15) is 4.39 Å². The molecule has 1 aliphatic rings. The van der Waals surface area contributed by atoms with Crippen molar-refractivity contribution in [1.82, 2.24) is 10.2 Å².